The lowest BCUT2D eigenvalue weighted by molar-refractivity contribution is -0.120. The Morgan fingerprint density at radius 3 is 2.72 bits per heavy atom. The molecule has 0 aliphatic rings. The number of aryl methyl sites for hydroxylation is 1. The molecule has 2 heterocycles. The van der Waals surface area contributed by atoms with Gasteiger partial charge in [0.2, 0.25) is 5.91 Å². The van der Waals surface area contributed by atoms with Gasteiger partial charge in [-0.15, -0.1) is 11.3 Å². The number of aromatic nitrogens is 2. The predicted octanol–water partition coefficient (Wildman–Crippen LogP) is 4.49. The zero-order valence-corrected chi connectivity index (χ0v) is 17.3. The van der Waals surface area contributed by atoms with Crippen LogP contribution in [-0.2, 0) is 24.2 Å². The van der Waals surface area contributed by atoms with Crippen molar-refractivity contribution < 1.29 is 9.53 Å². The van der Waals surface area contributed by atoms with Crippen molar-refractivity contribution in [3.8, 4) is 17.0 Å². The van der Waals surface area contributed by atoms with Gasteiger partial charge in [0.1, 0.15) is 5.75 Å². The van der Waals surface area contributed by atoms with Crippen LogP contribution in [0.1, 0.15) is 23.7 Å². The van der Waals surface area contributed by atoms with Gasteiger partial charge in [0.05, 0.1) is 19.2 Å². The van der Waals surface area contributed by atoms with E-state index in [1.807, 2.05) is 40.2 Å². The molecule has 0 saturated carbocycles. The summed E-state index contributed by atoms with van der Waals surface area (Å²) >= 11 is 1.55. The van der Waals surface area contributed by atoms with E-state index in [1.165, 1.54) is 5.56 Å². The van der Waals surface area contributed by atoms with Crippen LogP contribution in [0.25, 0.3) is 16.2 Å². The fourth-order valence-electron chi connectivity index (χ4n) is 3.28. The van der Waals surface area contributed by atoms with Gasteiger partial charge in [-0.25, -0.2) is 4.98 Å². The minimum absolute atomic E-state index is 0.0295. The zero-order chi connectivity index (χ0) is 20.2. The van der Waals surface area contributed by atoms with Gasteiger partial charge >= 0.3 is 0 Å². The molecule has 2 aromatic heterocycles. The van der Waals surface area contributed by atoms with E-state index in [1.54, 1.807) is 18.4 Å². The molecule has 0 aliphatic carbocycles. The van der Waals surface area contributed by atoms with Crippen LogP contribution >= 0.6 is 11.3 Å². The van der Waals surface area contributed by atoms with E-state index in [0.29, 0.717) is 13.0 Å². The first-order valence-corrected chi connectivity index (χ1v) is 10.5. The van der Waals surface area contributed by atoms with Crippen LogP contribution in [0.15, 0.2) is 60.1 Å². The number of carbonyl (C=O) groups excluding carboxylic acids is 1. The third kappa shape index (κ3) is 4.17. The Labute approximate surface area is 174 Å². The summed E-state index contributed by atoms with van der Waals surface area (Å²) in [4.78, 5) is 18.1. The number of carbonyl (C=O) groups is 1. The van der Waals surface area contributed by atoms with E-state index in [2.05, 4.69) is 36.5 Å². The van der Waals surface area contributed by atoms with Gasteiger partial charge in [-0.1, -0.05) is 49.4 Å². The molecule has 0 atom stereocenters. The van der Waals surface area contributed by atoms with Crippen LogP contribution in [0.2, 0.25) is 0 Å². The monoisotopic (exact) mass is 405 g/mol. The summed E-state index contributed by atoms with van der Waals surface area (Å²) < 4.78 is 7.35. The number of imidazole rings is 1. The molecule has 148 valence electrons. The van der Waals surface area contributed by atoms with E-state index in [0.717, 1.165) is 39.6 Å². The molecular weight excluding hydrogens is 382 g/mol. The number of hydrogen-bond donors (Lipinski definition) is 1. The number of rotatable bonds is 7. The molecule has 29 heavy (non-hydrogen) atoms. The SMILES string of the molecule is CCc1ccc(-c2cn3c(CC(=O)NCc4ccccc4OC)csc3n2)cc1. The Morgan fingerprint density at radius 2 is 1.97 bits per heavy atom. The van der Waals surface area contributed by atoms with Gasteiger partial charge in [-0.05, 0) is 18.1 Å². The van der Waals surface area contributed by atoms with E-state index < -0.39 is 0 Å². The Balaban J connectivity index is 1.46. The van der Waals surface area contributed by atoms with Crippen molar-refractivity contribution in [1.29, 1.82) is 0 Å². The van der Waals surface area contributed by atoms with Crippen molar-refractivity contribution in [1.82, 2.24) is 14.7 Å². The molecule has 6 heteroatoms. The molecule has 0 spiro atoms. The largest absolute Gasteiger partial charge is 0.496 e. The number of fused-ring (bicyclic) bond motifs is 1. The fraction of sp³-hybridized carbons (Fsp3) is 0.217. The van der Waals surface area contributed by atoms with Crippen molar-refractivity contribution in [3.05, 3.63) is 76.9 Å². The predicted molar refractivity (Wildman–Crippen MR) is 116 cm³/mol. The second-order valence-corrected chi connectivity index (χ2v) is 7.66. The topological polar surface area (TPSA) is 55.6 Å². The molecule has 5 nitrogen and oxygen atoms in total. The van der Waals surface area contributed by atoms with Gasteiger partial charge in [-0.2, -0.15) is 0 Å². The Bertz CT molecular complexity index is 1130. The molecule has 0 bridgehead atoms. The first kappa shape index (κ1) is 19.2. The first-order valence-electron chi connectivity index (χ1n) is 9.61. The van der Waals surface area contributed by atoms with E-state index in [4.69, 9.17) is 9.72 Å². The van der Waals surface area contributed by atoms with E-state index >= 15 is 0 Å². The maximum Gasteiger partial charge on any atom is 0.226 e. The first-order chi connectivity index (χ1) is 14.2. The van der Waals surface area contributed by atoms with Crippen LogP contribution in [0, 0.1) is 0 Å². The summed E-state index contributed by atoms with van der Waals surface area (Å²) in [5.41, 5.74) is 5.22. The van der Waals surface area contributed by atoms with Crippen LogP contribution in [0.3, 0.4) is 0 Å². The summed E-state index contributed by atoms with van der Waals surface area (Å²) in [6, 6.07) is 16.2. The number of nitrogens with zero attached hydrogens (tertiary/aromatic N) is 2. The molecule has 1 N–H and O–H groups in total. The van der Waals surface area contributed by atoms with Gasteiger partial charge in [0.25, 0.3) is 0 Å². The Hall–Kier alpha value is -3.12. The molecule has 0 fully saturated rings. The number of methoxy groups -OCH3 is 1. The third-order valence-electron chi connectivity index (χ3n) is 4.95. The van der Waals surface area contributed by atoms with Crippen molar-refractivity contribution in [3.63, 3.8) is 0 Å². The molecule has 4 aromatic rings. The maximum atomic E-state index is 12.5. The summed E-state index contributed by atoms with van der Waals surface area (Å²) in [6.07, 6.45) is 3.34. The number of hydrogen-bond acceptors (Lipinski definition) is 4. The van der Waals surface area contributed by atoms with Crippen molar-refractivity contribution in [2.75, 3.05) is 7.11 Å². The Kier molecular flexibility index (Phi) is 5.62. The second kappa shape index (κ2) is 8.49. The number of thiazole rings is 1. The molecule has 0 aliphatic heterocycles. The number of ether oxygens (including phenoxy) is 1. The van der Waals surface area contributed by atoms with Crippen LogP contribution in [0.5, 0.6) is 5.75 Å². The lowest BCUT2D eigenvalue weighted by Gasteiger charge is -2.09. The van der Waals surface area contributed by atoms with Crippen LogP contribution < -0.4 is 10.1 Å². The highest BCUT2D eigenvalue weighted by atomic mass is 32.1. The summed E-state index contributed by atoms with van der Waals surface area (Å²) in [5.74, 6) is 0.747. The normalized spacial score (nSPS) is 11.0. The highest BCUT2D eigenvalue weighted by Crippen LogP contribution is 2.24. The fourth-order valence-corrected chi connectivity index (χ4v) is 4.15. The molecular formula is C23H23N3O2S. The quantitative estimate of drug-likeness (QED) is 0.493. The second-order valence-electron chi connectivity index (χ2n) is 6.82. The minimum Gasteiger partial charge on any atom is -0.496 e. The lowest BCUT2D eigenvalue weighted by atomic mass is 10.1. The highest BCUT2D eigenvalue weighted by Gasteiger charge is 2.13. The smallest absolute Gasteiger partial charge is 0.226 e. The lowest BCUT2D eigenvalue weighted by Crippen LogP contribution is -2.25. The molecule has 0 saturated heterocycles. The molecule has 0 unspecified atom stereocenters. The van der Waals surface area contributed by atoms with Crippen LogP contribution in [0.4, 0.5) is 0 Å². The van der Waals surface area contributed by atoms with E-state index in [-0.39, 0.29) is 5.91 Å². The number of amides is 1. The Morgan fingerprint density at radius 1 is 1.17 bits per heavy atom. The summed E-state index contributed by atoms with van der Waals surface area (Å²) in [5, 5.41) is 4.97. The van der Waals surface area contributed by atoms with Gasteiger partial charge in [0.15, 0.2) is 4.96 Å². The standard InChI is InChI=1S/C23H23N3O2S/c1-3-16-8-10-17(11-9-16)20-14-26-19(15-29-23(26)25-20)12-22(27)24-13-18-6-4-5-7-21(18)28-2/h4-11,14-15H,3,12-13H2,1-2H3,(H,24,27). The third-order valence-corrected chi connectivity index (χ3v) is 5.84. The summed E-state index contributed by atoms with van der Waals surface area (Å²) in [7, 11) is 1.63. The summed E-state index contributed by atoms with van der Waals surface area (Å²) in [6.45, 7) is 2.59. The van der Waals surface area contributed by atoms with Gasteiger partial charge < -0.3 is 10.1 Å². The molecule has 1 amide bonds. The van der Waals surface area contributed by atoms with Gasteiger partial charge in [-0.3, -0.25) is 9.20 Å². The van der Waals surface area contributed by atoms with Gasteiger partial charge in [0, 0.05) is 34.9 Å². The zero-order valence-electron chi connectivity index (χ0n) is 16.5. The average Bonchev–Trinajstić information content (AvgIpc) is 3.34. The number of para-hydroxylation sites is 1. The highest BCUT2D eigenvalue weighted by molar-refractivity contribution is 7.15. The van der Waals surface area contributed by atoms with E-state index in [9.17, 15) is 4.79 Å². The number of nitrogens with one attached hydrogen (secondary N) is 1. The van der Waals surface area contributed by atoms with Crippen molar-refractivity contribution >= 4 is 22.2 Å². The molecule has 0 radical (unpaired) electrons. The average molecular weight is 406 g/mol. The molecule has 2 aromatic carbocycles. The molecule has 4 rings (SSSR count). The van der Waals surface area contributed by atoms with Crippen molar-refractivity contribution in [2.45, 2.75) is 26.3 Å². The van der Waals surface area contributed by atoms with Crippen LogP contribution in [-0.4, -0.2) is 22.4 Å². The maximum absolute atomic E-state index is 12.5. The number of benzene rings is 2. The van der Waals surface area contributed by atoms with Crippen molar-refractivity contribution in [2.24, 2.45) is 0 Å². The minimum atomic E-state index is -0.0295.